The molecule has 2 aromatic rings. The Morgan fingerprint density at radius 1 is 1.04 bits per heavy atom. The summed E-state index contributed by atoms with van der Waals surface area (Å²) in [5, 5.41) is 2.83. The summed E-state index contributed by atoms with van der Waals surface area (Å²) in [5.74, 6) is -1.55. The molecular weight excluding hydrogens is 354 g/mol. The van der Waals surface area contributed by atoms with Crippen LogP contribution in [0.2, 0.25) is 0 Å². The maximum Gasteiger partial charge on any atom is 0.280 e. The van der Waals surface area contributed by atoms with Crippen molar-refractivity contribution in [2.75, 3.05) is 0 Å². The predicted octanol–water partition coefficient (Wildman–Crippen LogP) is 3.42. The molecule has 0 spiro atoms. The molecule has 0 saturated heterocycles. The third-order valence-electron chi connectivity index (χ3n) is 4.44. The van der Waals surface area contributed by atoms with Crippen molar-refractivity contribution in [3.05, 3.63) is 71.8 Å². The average Bonchev–Trinajstić information content (AvgIpc) is 2.67. The highest BCUT2D eigenvalue weighted by atomic mass is 19.3. The lowest BCUT2D eigenvalue weighted by atomic mass is 9.93. The zero-order valence-electron chi connectivity index (χ0n) is 13.9. The van der Waals surface area contributed by atoms with Crippen molar-refractivity contribution in [3.63, 3.8) is 0 Å². The number of hydrogen-bond acceptors (Lipinski definition) is 3. The van der Waals surface area contributed by atoms with Crippen molar-refractivity contribution in [1.29, 1.82) is 0 Å². The smallest absolute Gasteiger partial charge is 0.280 e. The summed E-state index contributed by atoms with van der Waals surface area (Å²) in [6.45, 7) is 0. The lowest BCUT2D eigenvalue weighted by Gasteiger charge is -2.29. The Morgan fingerprint density at radius 2 is 1.63 bits per heavy atom. The van der Waals surface area contributed by atoms with Crippen molar-refractivity contribution in [1.82, 2.24) is 5.32 Å². The number of carbonyl (C=O) groups is 2. The first-order valence-corrected chi connectivity index (χ1v) is 8.29. The molecule has 2 aliphatic rings. The first kappa shape index (κ1) is 17.1. The molecule has 2 heterocycles. The first-order valence-electron chi connectivity index (χ1n) is 8.29. The van der Waals surface area contributed by atoms with Crippen molar-refractivity contribution >= 4 is 17.5 Å². The number of nitrogens with one attached hydrogen (secondary N) is 1. The van der Waals surface area contributed by atoms with E-state index in [0.717, 1.165) is 23.3 Å². The number of ether oxygens (including phenoxy) is 1. The predicted molar refractivity (Wildman–Crippen MR) is 94.0 cm³/mol. The molecule has 2 amide bonds. The van der Waals surface area contributed by atoms with Crippen LogP contribution in [-0.2, 0) is 9.59 Å². The van der Waals surface area contributed by atoms with Gasteiger partial charge in [0.2, 0.25) is 5.91 Å². The quantitative estimate of drug-likeness (QED) is 0.844. The van der Waals surface area contributed by atoms with Crippen LogP contribution in [0.4, 0.5) is 8.78 Å². The molecular formula is C20H14F2N2O3. The van der Waals surface area contributed by atoms with Crippen LogP contribution < -0.4 is 10.1 Å². The fraction of sp³-hybridized carbons (Fsp3) is 0.150. The van der Waals surface area contributed by atoms with Gasteiger partial charge in [-0.3, -0.25) is 9.59 Å². The van der Waals surface area contributed by atoms with Gasteiger partial charge < -0.3 is 10.1 Å². The molecule has 0 radical (unpaired) electrons. The van der Waals surface area contributed by atoms with Gasteiger partial charge in [0.25, 0.3) is 12.3 Å². The van der Waals surface area contributed by atoms with Crippen LogP contribution in [0.1, 0.15) is 17.2 Å². The second-order valence-corrected chi connectivity index (χ2v) is 6.13. The Labute approximate surface area is 153 Å². The van der Waals surface area contributed by atoms with E-state index < -0.39 is 35.9 Å². The van der Waals surface area contributed by atoms with Crippen LogP contribution in [0.25, 0.3) is 0 Å². The summed E-state index contributed by atoms with van der Waals surface area (Å²) in [7, 11) is 0. The van der Waals surface area contributed by atoms with E-state index in [1.165, 1.54) is 0 Å². The van der Waals surface area contributed by atoms with Gasteiger partial charge in [-0.05, 0) is 18.2 Å². The number of dihydropyridines is 1. The topological polar surface area (TPSA) is 67.8 Å². The van der Waals surface area contributed by atoms with Gasteiger partial charge in [-0.25, -0.2) is 13.8 Å². The minimum atomic E-state index is -2.86. The maximum atomic E-state index is 12.7. The third kappa shape index (κ3) is 3.12. The van der Waals surface area contributed by atoms with Gasteiger partial charge >= 0.3 is 0 Å². The van der Waals surface area contributed by atoms with E-state index in [-0.39, 0.29) is 0 Å². The van der Waals surface area contributed by atoms with Crippen LogP contribution in [0, 0.1) is 5.92 Å². The molecule has 0 aromatic heterocycles. The molecule has 5 nitrogen and oxygen atoms in total. The summed E-state index contributed by atoms with van der Waals surface area (Å²) in [4.78, 5) is 28.0. The molecule has 1 N–H and O–H groups in total. The molecule has 2 aliphatic heterocycles. The number of nitrogens with zero attached hydrogens (tertiary/aromatic N) is 1. The Bertz CT molecular complexity index is 939. The van der Waals surface area contributed by atoms with Gasteiger partial charge in [0, 0.05) is 11.1 Å². The fourth-order valence-electron chi connectivity index (χ4n) is 3.13. The number of fused-ring (bicyclic) bond motifs is 2. The van der Waals surface area contributed by atoms with Gasteiger partial charge in [-0.15, -0.1) is 0 Å². The minimum absolute atomic E-state index is 0.527. The zero-order valence-corrected chi connectivity index (χ0v) is 13.9. The van der Waals surface area contributed by atoms with Crippen LogP contribution in [0.3, 0.4) is 0 Å². The van der Waals surface area contributed by atoms with Gasteiger partial charge in [-0.1, -0.05) is 42.5 Å². The second-order valence-electron chi connectivity index (χ2n) is 6.13. The van der Waals surface area contributed by atoms with Gasteiger partial charge in [0.15, 0.2) is 0 Å². The molecule has 1 atom stereocenters. The fourth-order valence-corrected chi connectivity index (χ4v) is 3.13. The Morgan fingerprint density at radius 3 is 2.19 bits per heavy atom. The lowest BCUT2D eigenvalue weighted by molar-refractivity contribution is -0.131. The second kappa shape index (κ2) is 6.75. The molecule has 0 saturated carbocycles. The van der Waals surface area contributed by atoms with Crippen LogP contribution in [0.15, 0.2) is 65.7 Å². The van der Waals surface area contributed by atoms with E-state index in [0.29, 0.717) is 11.5 Å². The Hall–Kier alpha value is -3.35. The average molecular weight is 368 g/mol. The SMILES string of the molecule is O=C1N=C(C(F)F)C=CC1C(=O)NC1c2ccccc2Oc2ccccc21. The summed E-state index contributed by atoms with van der Waals surface area (Å²) in [6, 6.07) is 14.0. The monoisotopic (exact) mass is 368 g/mol. The number of aliphatic imine (C=N–C) groups is 1. The van der Waals surface area contributed by atoms with Gasteiger partial charge in [0.1, 0.15) is 23.1 Å². The van der Waals surface area contributed by atoms with E-state index in [4.69, 9.17) is 4.74 Å². The maximum absolute atomic E-state index is 12.7. The molecule has 0 bridgehead atoms. The van der Waals surface area contributed by atoms with Gasteiger partial charge in [0.05, 0.1) is 6.04 Å². The molecule has 0 aliphatic carbocycles. The number of hydrogen-bond donors (Lipinski definition) is 1. The molecule has 27 heavy (non-hydrogen) atoms. The van der Waals surface area contributed by atoms with Crippen LogP contribution in [0.5, 0.6) is 11.5 Å². The standard InChI is InChI=1S/C20H14F2N2O3/c21-18(22)14-10-9-13(19(25)23-14)20(26)24-17-11-5-1-3-7-15(11)27-16-8-4-2-6-12(16)17/h1-10,13,17-18H,(H,24,26). The molecule has 136 valence electrons. The van der Waals surface area contributed by atoms with E-state index >= 15 is 0 Å². The number of alkyl halides is 2. The first-order chi connectivity index (χ1) is 13.0. The minimum Gasteiger partial charge on any atom is -0.457 e. The summed E-state index contributed by atoms with van der Waals surface area (Å²) in [6.07, 6.45) is -0.686. The summed E-state index contributed by atoms with van der Waals surface area (Å²) >= 11 is 0. The van der Waals surface area contributed by atoms with E-state index in [1.54, 1.807) is 12.1 Å². The number of para-hydroxylation sites is 2. The summed E-state index contributed by atoms with van der Waals surface area (Å²) < 4.78 is 31.2. The highest BCUT2D eigenvalue weighted by molar-refractivity contribution is 6.14. The Balaban J connectivity index is 1.63. The van der Waals surface area contributed by atoms with Crippen LogP contribution >= 0.6 is 0 Å². The van der Waals surface area contributed by atoms with Crippen molar-refractivity contribution in [2.45, 2.75) is 12.5 Å². The van der Waals surface area contributed by atoms with Crippen molar-refractivity contribution < 1.29 is 23.1 Å². The largest absolute Gasteiger partial charge is 0.457 e. The molecule has 7 heteroatoms. The zero-order chi connectivity index (χ0) is 19.0. The molecule has 1 unspecified atom stereocenters. The lowest BCUT2D eigenvalue weighted by Crippen LogP contribution is -2.39. The van der Waals surface area contributed by atoms with E-state index in [1.807, 2.05) is 36.4 Å². The highest BCUT2D eigenvalue weighted by Gasteiger charge is 2.33. The molecule has 2 aromatic carbocycles. The van der Waals surface area contributed by atoms with E-state index in [9.17, 15) is 18.4 Å². The molecule has 0 fully saturated rings. The van der Waals surface area contributed by atoms with Crippen molar-refractivity contribution in [2.24, 2.45) is 10.9 Å². The normalized spacial score (nSPS) is 18.4. The number of halogens is 2. The number of carbonyl (C=O) groups excluding carboxylic acids is 2. The number of amides is 2. The van der Waals surface area contributed by atoms with Gasteiger partial charge in [-0.2, -0.15) is 0 Å². The third-order valence-corrected chi connectivity index (χ3v) is 4.44. The highest BCUT2D eigenvalue weighted by Crippen LogP contribution is 2.42. The van der Waals surface area contributed by atoms with E-state index in [2.05, 4.69) is 10.3 Å². The van der Waals surface area contributed by atoms with Crippen LogP contribution in [-0.4, -0.2) is 24.0 Å². The molecule has 4 rings (SSSR count). The number of allylic oxidation sites excluding steroid dienone is 1. The number of benzene rings is 2. The summed E-state index contributed by atoms with van der Waals surface area (Å²) in [5.41, 5.74) is 0.855. The Kier molecular flexibility index (Phi) is 4.27. The number of rotatable bonds is 3. The van der Waals surface area contributed by atoms with Crippen molar-refractivity contribution in [3.8, 4) is 11.5 Å².